The van der Waals surface area contributed by atoms with E-state index in [-0.39, 0.29) is 69.1 Å². The monoisotopic (exact) mass is 2130 g/mol. The van der Waals surface area contributed by atoms with Crippen LogP contribution in [0.1, 0.15) is 203 Å². The van der Waals surface area contributed by atoms with E-state index in [4.69, 9.17) is 106 Å². The van der Waals surface area contributed by atoms with E-state index in [0.29, 0.717) is 104 Å². The molecule has 7 aliphatic heterocycles. The Bertz CT molecular complexity index is 5680. The molecule has 136 heavy (non-hydrogen) atoms. The van der Waals surface area contributed by atoms with Crippen LogP contribution in [0.2, 0.25) is 15.1 Å². The van der Waals surface area contributed by atoms with Gasteiger partial charge in [0.1, 0.15) is 6.07 Å². The van der Waals surface area contributed by atoms with Crippen molar-refractivity contribution in [3.63, 3.8) is 0 Å². The quantitative estimate of drug-likeness (QED) is 0.0811. The number of hydrogen-bond donors (Lipinski definition) is 0. The lowest BCUT2D eigenvalue weighted by Gasteiger charge is -2.35. The normalized spacial score (nSPS) is 23.4. The second-order valence-corrected chi connectivity index (χ2v) is 50.8. The molecular weight excluding hydrogens is 2010 g/mol. The highest BCUT2D eigenvalue weighted by Crippen LogP contribution is 2.48. The topological polar surface area (TPSA) is 337 Å². The molecule has 37 heteroatoms. The molecule has 25 nitrogen and oxygen atoms in total. The van der Waals surface area contributed by atoms with Gasteiger partial charge >= 0.3 is 21.1 Å². The van der Waals surface area contributed by atoms with Crippen LogP contribution in [0.4, 0.5) is 0 Å². The van der Waals surface area contributed by atoms with Gasteiger partial charge in [-0.15, -0.1) is 0 Å². The number of sulfone groups is 4. The lowest BCUT2D eigenvalue weighted by Crippen LogP contribution is -2.41. The Morgan fingerprint density at radius 1 is 0.316 bits per heavy atom. The van der Waals surface area contributed by atoms with E-state index in [0.717, 1.165) is 139 Å². The fourth-order valence-corrected chi connectivity index (χ4v) is 26.3. The first-order chi connectivity index (χ1) is 63.9. The van der Waals surface area contributed by atoms with Gasteiger partial charge in [-0.25, -0.2) is 33.7 Å². The molecule has 11 fully saturated rings. The predicted molar refractivity (Wildman–Crippen MR) is 530 cm³/mol. The maximum atomic E-state index is 12.9. The van der Waals surface area contributed by atoms with Crippen LogP contribution in [0.3, 0.4) is 0 Å². The molecule has 4 spiro atoms. The molecule has 0 radical (unpaired) electrons. The molecular formula is C99H121B3Br2Cl3N3O22S4. The van der Waals surface area contributed by atoms with Crippen LogP contribution in [0, 0.1) is 57.7 Å². The lowest BCUT2D eigenvalue weighted by molar-refractivity contribution is -0.181. The standard InChI is InChI=1S/2C22H22ClNO4S.C21H31BO6S.C15H19BrO4S.C12H24B2O4.C7H3BrClN/c2*23-19-3-6-21(18(13-19)14-24)17-1-4-20(5-2-17)29(25,26)15-16-7-9-22(10-8-16)27-11-12-28-22;1-19(2)20(3,4)28-22(27-19)17-5-7-18(8-6-17)29(23,24)15-16-9-11-21(12-10-16)25-13-14-26-21;16-13-1-3-14(4-2-13)21(17,18)11-12-5-7-15(8-6-12)19-9-10-20-15;1-9(2)10(3,4)16-13(15-9)14-17-11(5,6)12(7,8)18-14;8-7-2-1-6(9)3-5(7)4-10/h2*1-6,13,16H,7-12,15H2;5-8,16H,9-15H2,1-4H3;1-4,12H,5-11H2;1-8H3;1-3H. The van der Waals surface area contributed by atoms with Crippen LogP contribution < -0.4 is 5.46 Å². The summed E-state index contributed by atoms with van der Waals surface area (Å²) in [6.07, 6.45) is 12.6. The van der Waals surface area contributed by atoms with Crippen molar-refractivity contribution in [2.24, 2.45) is 23.7 Å². The molecule has 7 heterocycles. The van der Waals surface area contributed by atoms with E-state index in [2.05, 4.69) is 44.0 Å². The van der Waals surface area contributed by atoms with E-state index in [9.17, 15) is 44.2 Å². The van der Waals surface area contributed by atoms with Crippen molar-refractivity contribution in [1.82, 2.24) is 0 Å². The summed E-state index contributed by atoms with van der Waals surface area (Å²) in [5.41, 5.74) is 3.06. The summed E-state index contributed by atoms with van der Waals surface area (Å²) >= 11 is 24.1. The van der Waals surface area contributed by atoms with Gasteiger partial charge in [-0.05, 0) is 305 Å². The van der Waals surface area contributed by atoms with Gasteiger partial charge in [0.25, 0.3) is 0 Å². The zero-order valence-corrected chi connectivity index (χ0v) is 87.8. The smallest absolute Gasteiger partial charge is 0.405 e. The number of halogens is 5. The zero-order chi connectivity index (χ0) is 98.4. The largest absolute Gasteiger partial charge is 0.494 e. The van der Waals surface area contributed by atoms with Gasteiger partial charge in [-0.1, -0.05) is 99.3 Å². The van der Waals surface area contributed by atoms with Crippen molar-refractivity contribution in [3.05, 3.63) is 192 Å². The van der Waals surface area contributed by atoms with Gasteiger partial charge in [0.15, 0.2) is 62.5 Å². The molecule has 11 aliphatic rings. The van der Waals surface area contributed by atoms with Crippen LogP contribution in [0.25, 0.3) is 22.3 Å². The SMILES string of the molecule is CC1(C)OB(B2OC(C)(C)C(C)(C)O2)OC1(C)C.CC1(C)OB(c2ccc(S(=O)(=O)CC3CCC4(CC3)OCCO4)cc2)OC1(C)C.N#Cc1cc(Cl)ccc1-c1ccc(S(=O)(=O)CC2CCC3(CC2)OCCO3)cc1.N#Cc1cc(Cl)ccc1-c1ccc(S(=O)(=O)CC2CCC3(CC2)OCCO3)cc1.N#Cc1cc(Cl)ccc1Br.O=S(=O)(CC1CCC2(CC1)OCCO2)c1ccc(Br)cc1. The van der Waals surface area contributed by atoms with Gasteiger partial charge in [-0.2, -0.15) is 15.8 Å². The van der Waals surface area contributed by atoms with Crippen molar-refractivity contribution in [2.75, 3.05) is 75.9 Å². The highest BCUT2D eigenvalue weighted by atomic mass is 79.9. The molecule has 0 amide bonds. The lowest BCUT2D eigenvalue weighted by atomic mass is 9.49. The summed E-state index contributed by atoms with van der Waals surface area (Å²) in [5.74, 6) is -0.624. The molecule has 0 atom stereocenters. The minimum Gasteiger partial charge on any atom is -0.405 e. The highest BCUT2D eigenvalue weighted by molar-refractivity contribution is 9.10. The Balaban J connectivity index is 0.000000141. The molecule has 0 aromatic heterocycles. The van der Waals surface area contributed by atoms with Gasteiger partial charge in [0, 0.05) is 75.4 Å². The van der Waals surface area contributed by atoms with E-state index in [1.807, 2.05) is 89.2 Å². The minimum atomic E-state index is -3.38. The Morgan fingerprint density at radius 3 is 0.794 bits per heavy atom. The van der Waals surface area contributed by atoms with E-state index >= 15 is 0 Å². The number of nitrogens with zero attached hydrogens (tertiary/aromatic N) is 3. The van der Waals surface area contributed by atoms with Gasteiger partial charge in [-0.3, -0.25) is 0 Å². The Morgan fingerprint density at radius 2 is 0.544 bits per heavy atom. The Kier molecular flexibility index (Phi) is 34.7. The molecule has 4 saturated carbocycles. The minimum absolute atomic E-state index is 0.111. The molecule has 0 N–H and O–H groups in total. The van der Waals surface area contributed by atoms with Gasteiger partial charge in [0.05, 0.1) is 158 Å². The molecule has 4 aliphatic carbocycles. The van der Waals surface area contributed by atoms with Crippen LogP contribution in [-0.4, -0.2) is 187 Å². The second kappa shape index (κ2) is 43.8. The Labute approximate surface area is 835 Å². The third kappa shape index (κ3) is 26.5. The first kappa shape index (κ1) is 108. The predicted octanol–water partition coefficient (Wildman–Crippen LogP) is 20.2. The average Bonchev–Trinajstić information content (AvgIpc) is 1.60. The summed E-state index contributed by atoms with van der Waals surface area (Å²) in [6, 6.07) is 48.8. The van der Waals surface area contributed by atoms with Crippen molar-refractivity contribution >= 4 is 133 Å². The number of ether oxygens (including phenoxy) is 8. The summed E-state index contributed by atoms with van der Waals surface area (Å²) in [5, 5.41) is 28.7. The number of hydrogen-bond acceptors (Lipinski definition) is 25. The van der Waals surface area contributed by atoms with E-state index in [1.54, 1.807) is 152 Å². The Hall–Kier alpha value is -5.73. The molecule has 7 saturated heterocycles. The van der Waals surface area contributed by atoms with Crippen molar-refractivity contribution < 1.29 is 99.5 Å². The van der Waals surface area contributed by atoms with E-state index in [1.165, 1.54) is 0 Å². The number of benzene rings is 7. The van der Waals surface area contributed by atoms with Gasteiger partial charge in [0.2, 0.25) is 0 Å². The molecule has 7 aromatic rings. The van der Waals surface area contributed by atoms with Gasteiger partial charge < -0.3 is 65.8 Å². The highest BCUT2D eigenvalue weighted by Gasteiger charge is 2.64. The number of nitriles is 3. The van der Waals surface area contributed by atoms with Crippen molar-refractivity contribution in [3.8, 4) is 40.5 Å². The molecule has 732 valence electrons. The summed E-state index contributed by atoms with van der Waals surface area (Å²) in [6.45, 7) is 29.3. The molecule has 0 unspecified atom stereocenters. The number of rotatable bonds is 16. The summed E-state index contributed by atoms with van der Waals surface area (Å²) in [7, 11) is -14.8. The maximum absolute atomic E-state index is 12.9. The first-order valence-electron chi connectivity index (χ1n) is 46.4. The van der Waals surface area contributed by atoms with E-state index < -0.39 is 94.8 Å². The molecule has 18 rings (SSSR count). The molecule has 0 bridgehead atoms. The van der Waals surface area contributed by atoms with Crippen LogP contribution in [-0.2, 0) is 105 Å². The third-order valence-corrected chi connectivity index (χ3v) is 38.1. The second-order valence-electron chi connectivity index (χ2n) is 39.6. The van der Waals surface area contributed by atoms with Crippen LogP contribution in [0.5, 0.6) is 0 Å². The van der Waals surface area contributed by atoms with Crippen molar-refractivity contribution in [1.29, 1.82) is 15.8 Å². The van der Waals surface area contributed by atoms with Crippen molar-refractivity contribution in [2.45, 2.75) is 262 Å². The summed E-state index contributed by atoms with van der Waals surface area (Å²) in [4.78, 5) is 1.37. The average molecular weight is 2130 g/mol. The van der Waals surface area contributed by atoms with Crippen LogP contribution in [0.15, 0.2) is 180 Å². The first-order valence-corrected chi connectivity index (χ1v) is 55.7. The third-order valence-electron chi connectivity index (χ3n) is 28.5. The maximum Gasteiger partial charge on any atom is 0.494 e. The fourth-order valence-electron chi connectivity index (χ4n) is 18.3. The fraction of sp³-hybridized carbons (Fsp3) is 0.545. The van der Waals surface area contributed by atoms with Crippen LogP contribution >= 0.6 is 66.7 Å². The molecule has 7 aromatic carbocycles. The zero-order valence-electron chi connectivity index (χ0n) is 79.1. The summed E-state index contributed by atoms with van der Waals surface area (Å²) < 4.78 is 186.